The molecule has 0 radical (unpaired) electrons. The maximum atomic E-state index is 12.1. The van der Waals surface area contributed by atoms with Crippen molar-refractivity contribution in [1.29, 1.82) is 0 Å². The van der Waals surface area contributed by atoms with Crippen molar-refractivity contribution >= 4 is 17.5 Å². The highest BCUT2D eigenvalue weighted by Gasteiger charge is 2.32. The van der Waals surface area contributed by atoms with Crippen LogP contribution in [0.3, 0.4) is 0 Å². The van der Waals surface area contributed by atoms with Gasteiger partial charge in [-0.2, -0.15) is 0 Å². The lowest BCUT2D eigenvalue weighted by atomic mass is 10.1. The molecule has 0 N–H and O–H groups in total. The quantitative estimate of drug-likeness (QED) is 0.696. The van der Waals surface area contributed by atoms with Gasteiger partial charge >= 0.3 is 6.09 Å². The van der Waals surface area contributed by atoms with E-state index < -0.39 is 5.43 Å². The van der Waals surface area contributed by atoms with Gasteiger partial charge in [0.15, 0.2) is 0 Å². The summed E-state index contributed by atoms with van der Waals surface area (Å²) < 4.78 is 5.01. The molecule has 24 heavy (non-hydrogen) atoms. The Bertz CT molecular complexity index is 622. The second-order valence-electron chi connectivity index (χ2n) is 6.02. The molecule has 0 atom stereocenters. The number of piperazine rings is 1. The third kappa shape index (κ3) is 3.55. The smallest absolute Gasteiger partial charge is 0.409 e. The summed E-state index contributed by atoms with van der Waals surface area (Å²) in [5.41, 5.74) is 0.324. The minimum Gasteiger partial charge on any atom is -0.450 e. The van der Waals surface area contributed by atoms with Gasteiger partial charge in [0.05, 0.1) is 6.61 Å². The third-order valence-corrected chi connectivity index (χ3v) is 4.29. The minimum absolute atomic E-state index is 0.319. The van der Waals surface area contributed by atoms with Crippen LogP contribution in [-0.4, -0.2) is 56.9 Å². The lowest BCUT2D eigenvalue weighted by Gasteiger charge is -2.38. The average Bonchev–Trinajstić information content (AvgIpc) is 2.59. The number of carbonyl (C=O) groups is 1. The summed E-state index contributed by atoms with van der Waals surface area (Å²) in [4.78, 5) is 41.6. The number of nitrogens with zero attached hydrogens (tertiary/aromatic N) is 3. The Hall–Kier alpha value is -2.05. The lowest BCUT2D eigenvalue weighted by Crippen LogP contribution is -2.54. The van der Waals surface area contributed by atoms with Crippen LogP contribution in [0.2, 0.25) is 0 Å². The van der Waals surface area contributed by atoms with Crippen LogP contribution in [0, 0.1) is 0 Å². The van der Waals surface area contributed by atoms with Crippen LogP contribution in [0.15, 0.2) is 9.59 Å². The molecule has 0 bridgehead atoms. The number of amides is 1. The number of carbonyl (C=O) groups excluding carboxylic acids is 1. The van der Waals surface area contributed by atoms with Crippen LogP contribution in [0.1, 0.15) is 33.6 Å². The molecule has 1 heterocycles. The topological polar surface area (TPSA) is 70.2 Å². The van der Waals surface area contributed by atoms with Gasteiger partial charge in [0.25, 0.3) is 10.9 Å². The van der Waals surface area contributed by atoms with E-state index in [0.717, 1.165) is 25.9 Å². The summed E-state index contributed by atoms with van der Waals surface area (Å²) in [6.45, 7) is 9.88. The van der Waals surface area contributed by atoms with Crippen molar-refractivity contribution in [2.75, 3.05) is 55.7 Å². The first-order valence-corrected chi connectivity index (χ1v) is 8.79. The number of ether oxygens (including phenoxy) is 1. The first-order valence-electron chi connectivity index (χ1n) is 8.79. The van der Waals surface area contributed by atoms with E-state index in [4.69, 9.17) is 4.74 Å². The largest absolute Gasteiger partial charge is 0.450 e. The van der Waals surface area contributed by atoms with E-state index in [-0.39, 0.29) is 11.5 Å². The first kappa shape index (κ1) is 18.3. The molecule has 0 saturated carbocycles. The van der Waals surface area contributed by atoms with E-state index in [0.29, 0.717) is 44.2 Å². The van der Waals surface area contributed by atoms with Crippen molar-refractivity contribution in [2.45, 2.75) is 33.6 Å². The molecule has 1 aromatic rings. The van der Waals surface area contributed by atoms with Gasteiger partial charge < -0.3 is 19.4 Å². The highest BCUT2D eigenvalue weighted by atomic mass is 16.6. The maximum absolute atomic E-state index is 12.1. The van der Waals surface area contributed by atoms with Crippen LogP contribution < -0.4 is 20.7 Å². The van der Waals surface area contributed by atoms with E-state index in [2.05, 4.69) is 13.8 Å². The molecule has 134 valence electrons. The zero-order valence-electron chi connectivity index (χ0n) is 14.8. The van der Waals surface area contributed by atoms with Gasteiger partial charge in [0.1, 0.15) is 11.4 Å². The molecule has 0 aromatic heterocycles. The molecule has 1 aliphatic heterocycles. The number of hydrogen-bond acceptors (Lipinski definition) is 6. The molecule has 7 nitrogen and oxygen atoms in total. The van der Waals surface area contributed by atoms with Gasteiger partial charge in [-0.15, -0.1) is 0 Å². The van der Waals surface area contributed by atoms with Gasteiger partial charge in [-0.25, -0.2) is 4.79 Å². The predicted molar refractivity (Wildman–Crippen MR) is 95.0 cm³/mol. The van der Waals surface area contributed by atoms with Crippen molar-refractivity contribution in [3.63, 3.8) is 0 Å². The Morgan fingerprint density at radius 3 is 2.08 bits per heavy atom. The molecule has 1 amide bonds. The fraction of sp³-hybridized carbons (Fsp3) is 0.706. The fourth-order valence-corrected chi connectivity index (χ4v) is 3.16. The van der Waals surface area contributed by atoms with E-state index in [1.54, 1.807) is 11.8 Å². The van der Waals surface area contributed by atoms with Crippen molar-refractivity contribution in [1.82, 2.24) is 4.90 Å². The minimum atomic E-state index is -0.396. The van der Waals surface area contributed by atoms with Crippen molar-refractivity contribution in [2.24, 2.45) is 0 Å². The summed E-state index contributed by atoms with van der Waals surface area (Å²) in [7, 11) is 0. The highest BCUT2D eigenvalue weighted by Crippen LogP contribution is 2.26. The fourth-order valence-electron chi connectivity index (χ4n) is 3.16. The zero-order chi connectivity index (χ0) is 17.7. The van der Waals surface area contributed by atoms with Crippen LogP contribution in [0.25, 0.3) is 0 Å². The SMILES string of the molecule is CCCN(CCC)c1c(N2CCN(C(=O)OCC)CC2)c(=O)c1=O. The molecular formula is C17H27N3O4. The summed E-state index contributed by atoms with van der Waals surface area (Å²) in [6, 6.07) is 0. The second-order valence-corrected chi connectivity index (χ2v) is 6.02. The monoisotopic (exact) mass is 337 g/mol. The predicted octanol–water partition coefficient (Wildman–Crippen LogP) is 1.19. The molecule has 2 rings (SSSR count). The van der Waals surface area contributed by atoms with Crippen LogP contribution in [0.4, 0.5) is 16.2 Å². The van der Waals surface area contributed by atoms with Crippen LogP contribution in [0.5, 0.6) is 0 Å². The van der Waals surface area contributed by atoms with Crippen LogP contribution >= 0.6 is 0 Å². The molecule has 1 aliphatic rings. The van der Waals surface area contributed by atoms with Gasteiger partial charge in [0, 0.05) is 39.3 Å². The molecule has 1 fully saturated rings. The van der Waals surface area contributed by atoms with Gasteiger partial charge in [0.2, 0.25) is 0 Å². The van der Waals surface area contributed by atoms with E-state index in [1.165, 1.54) is 0 Å². The lowest BCUT2D eigenvalue weighted by molar-refractivity contribution is 0.105. The summed E-state index contributed by atoms with van der Waals surface area (Å²) >= 11 is 0. The molecule has 7 heteroatoms. The average molecular weight is 337 g/mol. The van der Waals surface area contributed by atoms with Crippen LogP contribution in [-0.2, 0) is 4.74 Å². The Labute approximate surface area is 142 Å². The Morgan fingerprint density at radius 2 is 1.58 bits per heavy atom. The van der Waals surface area contributed by atoms with Crippen molar-refractivity contribution in [3.8, 4) is 0 Å². The van der Waals surface area contributed by atoms with E-state index in [1.807, 2.05) is 9.80 Å². The molecule has 1 aromatic carbocycles. The zero-order valence-corrected chi connectivity index (χ0v) is 14.8. The van der Waals surface area contributed by atoms with Gasteiger partial charge in [-0.3, -0.25) is 9.59 Å². The van der Waals surface area contributed by atoms with Crippen molar-refractivity contribution in [3.05, 3.63) is 20.4 Å². The Kier molecular flexibility index (Phi) is 6.23. The van der Waals surface area contributed by atoms with Gasteiger partial charge in [-0.1, -0.05) is 13.8 Å². The summed E-state index contributed by atoms with van der Waals surface area (Å²) in [5.74, 6) is 0. The third-order valence-electron chi connectivity index (χ3n) is 4.29. The molecule has 0 spiro atoms. The Balaban J connectivity index is 2.11. The maximum Gasteiger partial charge on any atom is 0.409 e. The van der Waals surface area contributed by atoms with Crippen molar-refractivity contribution < 1.29 is 9.53 Å². The standard InChI is InChI=1S/C17H27N3O4/c1-4-7-18(8-5-2)13-14(16(22)15(13)21)19-9-11-20(12-10-19)17(23)24-6-3/h4-12H2,1-3H3. The molecular weight excluding hydrogens is 310 g/mol. The van der Waals surface area contributed by atoms with E-state index in [9.17, 15) is 14.4 Å². The van der Waals surface area contributed by atoms with Gasteiger partial charge in [-0.05, 0) is 19.8 Å². The van der Waals surface area contributed by atoms with E-state index >= 15 is 0 Å². The number of hydrogen-bond donors (Lipinski definition) is 0. The molecule has 1 saturated heterocycles. The summed E-state index contributed by atoms with van der Waals surface area (Å²) in [6.07, 6.45) is 1.53. The number of rotatable bonds is 7. The normalized spacial score (nSPS) is 15.0. The second kappa shape index (κ2) is 8.17. The Morgan fingerprint density at radius 1 is 1.00 bits per heavy atom. The summed E-state index contributed by atoms with van der Waals surface area (Å²) in [5, 5.41) is 0. The number of anilines is 2. The molecule has 0 aliphatic carbocycles. The molecule has 0 unspecified atom stereocenters. The first-order chi connectivity index (χ1) is 11.5. The highest BCUT2D eigenvalue weighted by molar-refractivity contribution is 5.77.